The van der Waals surface area contributed by atoms with Crippen LogP contribution in [0.1, 0.15) is 19.3 Å². The zero-order valence-corrected chi connectivity index (χ0v) is 8.53. The Hall–Kier alpha value is -1.06. The lowest BCUT2D eigenvalue weighted by atomic mass is 10.3. The maximum absolute atomic E-state index is 11.7. The lowest BCUT2D eigenvalue weighted by molar-refractivity contribution is -0.138. The van der Waals surface area contributed by atoms with Gasteiger partial charge in [0.25, 0.3) is 0 Å². The first-order valence-corrected chi connectivity index (χ1v) is 5.21. The molecule has 0 unspecified atom stereocenters. The standard InChI is InChI=1S/C10H16N2O2/c1-11-5-2-6-12(7-9(11)13)10(14)8-3-4-8/h8H,2-7H2,1H3. The molecule has 0 spiro atoms. The van der Waals surface area contributed by atoms with Crippen LogP contribution in [0.4, 0.5) is 0 Å². The second kappa shape index (κ2) is 3.59. The van der Waals surface area contributed by atoms with E-state index in [4.69, 9.17) is 0 Å². The van der Waals surface area contributed by atoms with Gasteiger partial charge < -0.3 is 9.80 Å². The summed E-state index contributed by atoms with van der Waals surface area (Å²) in [6.07, 6.45) is 2.93. The molecule has 0 aromatic carbocycles. The van der Waals surface area contributed by atoms with Crippen LogP contribution in [0.15, 0.2) is 0 Å². The summed E-state index contributed by atoms with van der Waals surface area (Å²) in [6, 6.07) is 0. The minimum absolute atomic E-state index is 0.0662. The summed E-state index contributed by atoms with van der Waals surface area (Å²) in [5.41, 5.74) is 0. The van der Waals surface area contributed by atoms with E-state index in [0.717, 1.165) is 32.4 Å². The summed E-state index contributed by atoms with van der Waals surface area (Å²) < 4.78 is 0. The van der Waals surface area contributed by atoms with Gasteiger partial charge in [-0.25, -0.2) is 0 Å². The minimum atomic E-state index is 0.0662. The fraction of sp³-hybridized carbons (Fsp3) is 0.800. The van der Waals surface area contributed by atoms with Crippen molar-refractivity contribution in [2.24, 2.45) is 5.92 Å². The third-order valence-corrected chi connectivity index (χ3v) is 2.91. The molecule has 2 fully saturated rings. The monoisotopic (exact) mass is 196 g/mol. The first kappa shape index (κ1) is 9.49. The van der Waals surface area contributed by atoms with Crippen LogP contribution < -0.4 is 0 Å². The molecule has 0 bridgehead atoms. The first-order chi connectivity index (χ1) is 6.68. The molecule has 0 aromatic heterocycles. The van der Waals surface area contributed by atoms with Gasteiger partial charge in [0.05, 0.1) is 6.54 Å². The van der Waals surface area contributed by atoms with Crippen LogP contribution in [0, 0.1) is 5.92 Å². The molecule has 1 saturated carbocycles. The van der Waals surface area contributed by atoms with Gasteiger partial charge in [-0.2, -0.15) is 0 Å². The van der Waals surface area contributed by atoms with Crippen LogP contribution in [0.25, 0.3) is 0 Å². The highest BCUT2D eigenvalue weighted by Crippen LogP contribution is 2.31. The van der Waals surface area contributed by atoms with Crippen molar-refractivity contribution in [3.63, 3.8) is 0 Å². The minimum Gasteiger partial charge on any atom is -0.344 e. The molecular formula is C10H16N2O2. The molecule has 4 heteroatoms. The Kier molecular flexibility index (Phi) is 2.44. The lowest BCUT2D eigenvalue weighted by Gasteiger charge is -2.19. The smallest absolute Gasteiger partial charge is 0.241 e. The Morgan fingerprint density at radius 3 is 2.71 bits per heavy atom. The summed E-state index contributed by atoms with van der Waals surface area (Å²) in [5, 5.41) is 0. The Morgan fingerprint density at radius 1 is 1.36 bits per heavy atom. The molecule has 1 aliphatic heterocycles. The van der Waals surface area contributed by atoms with Gasteiger partial charge in [0.1, 0.15) is 0 Å². The number of amides is 2. The summed E-state index contributed by atoms with van der Waals surface area (Å²) in [7, 11) is 1.80. The SMILES string of the molecule is CN1CCCN(C(=O)C2CC2)CC1=O. The highest BCUT2D eigenvalue weighted by Gasteiger charge is 2.34. The molecule has 2 amide bonds. The molecule has 0 atom stereocenters. The van der Waals surface area contributed by atoms with Gasteiger partial charge in [-0.05, 0) is 19.3 Å². The number of carbonyl (C=O) groups is 2. The average molecular weight is 196 g/mol. The summed E-state index contributed by atoms with van der Waals surface area (Å²) >= 11 is 0. The highest BCUT2D eigenvalue weighted by molar-refractivity contribution is 5.87. The van der Waals surface area contributed by atoms with E-state index in [0.29, 0.717) is 0 Å². The quantitative estimate of drug-likeness (QED) is 0.596. The van der Waals surface area contributed by atoms with Crippen LogP contribution in [0.3, 0.4) is 0 Å². The Bertz CT molecular complexity index is 261. The molecular weight excluding hydrogens is 180 g/mol. The Labute approximate surface area is 83.9 Å². The van der Waals surface area contributed by atoms with Crippen molar-refractivity contribution in [1.29, 1.82) is 0 Å². The van der Waals surface area contributed by atoms with Gasteiger partial charge in [-0.1, -0.05) is 0 Å². The first-order valence-electron chi connectivity index (χ1n) is 5.21. The lowest BCUT2D eigenvalue weighted by Crippen LogP contribution is -2.38. The number of hydrogen-bond acceptors (Lipinski definition) is 2. The van der Waals surface area contributed by atoms with Crippen molar-refractivity contribution in [3.05, 3.63) is 0 Å². The van der Waals surface area contributed by atoms with Crippen molar-refractivity contribution in [3.8, 4) is 0 Å². The molecule has 0 radical (unpaired) electrons. The second-order valence-electron chi connectivity index (χ2n) is 4.20. The predicted molar refractivity (Wildman–Crippen MR) is 51.6 cm³/mol. The predicted octanol–water partition coefficient (Wildman–Crippen LogP) is 0.0871. The molecule has 14 heavy (non-hydrogen) atoms. The Balaban J connectivity index is 1.98. The van der Waals surface area contributed by atoms with E-state index < -0.39 is 0 Å². The fourth-order valence-corrected chi connectivity index (χ4v) is 1.76. The number of hydrogen-bond donors (Lipinski definition) is 0. The van der Waals surface area contributed by atoms with Crippen molar-refractivity contribution in [2.45, 2.75) is 19.3 Å². The zero-order valence-electron chi connectivity index (χ0n) is 8.53. The molecule has 2 rings (SSSR count). The van der Waals surface area contributed by atoms with Crippen LogP contribution in [-0.4, -0.2) is 48.3 Å². The molecule has 78 valence electrons. The number of likely N-dealkylation sites (N-methyl/N-ethyl adjacent to an activating group) is 1. The van der Waals surface area contributed by atoms with Gasteiger partial charge in [0, 0.05) is 26.1 Å². The van der Waals surface area contributed by atoms with Crippen molar-refractivity contribution >= 4 is 11.8 Å². The van der Waals surface area contributed by atoms with E-state index in [2.05, 4.69) is 0 Å². The molecule has 1 saturated heterocycles. The normalized spacial score (nSPS) is 23.6. The fourth-order valence-electron chi connectivity index (χ4n) is 1.76. The highest BCUT2D eigenvalue weighted by atomic mass is 16.2. The van der Waals surface area contributed by atoms with Crippen LogP contribution in [0.2, 0.25) is 0 Å². The van der Waals surface area contributed by atoms with E-state index >= 15 is 0 Å². The molecule has 2 aliphatic rings. The van der Waals surface area contributed by atoms with E-state index in [-0.39, 0.29) is 24.3 Å². The van der Waals surface area contributed by atoms with E-state index in [1.54, 1.807) is 16.8 Å². The van der Waals surface area contributed by atoms with Crippen molar-refractivity contribution in [1.82, 2.24) is 9.80 Å². The molecule has 0 N–H and O–H groups in total. The maximum Gasteiger partial charge on any atom is 0.241 e. The van der Waals surface area contributed by atoms with Gasteiger partial charge in [-0.15, -0.1) is 0 Å². The molecule has 0 aromatic rings. The second-order valence-corrected chi connectivity index (χ2v) is 4.20. The number of carbonyl (C=O) groups excluding carboxylic acids is 2. The molecule has 1 aliphatic carbocycles. The Morgan fingerprint density at radius 2 is 2.07 bits per heavy atom. The maximum atomic E-state index is 11.7. The number of rotatable bonds is 1. The van der Waals surface area contributed by atoms with Crippen LogP contribution >= 0.6 is 0 Å². The van der Waals surface area contributed by atoms with Crippen LogP contribution in [0.5, 0.6) is 0 Å². The van der Waals surface area contributed by atoms with Gasteiger partial charge in [-0.3, -0.25) is 9.59 Å². The largest absolute Gasteiger partial charge is 0.344 e. The molecule has 4 nitrogen and oxygen atoms in total. The van der Waals surface area contributed by atoms with Gasteiger partial charge >= 0.3 is 0 Å². The third kappa shape index (κ3) is 1.89. The van der Waals surface area contributed by atoms with Crippen molar-refractivity contribution < 1.29 is 9.59 Å². The number of nitrogens with zero attached hydrogens (tertiary/aromatic N) is 2. The summed E-state index contributed by atoms with van der Waals surface area (Å²) in [5.74, 6) is 0.483. The van der Waals surface area contributed by atoms with Gasteiger partial charge in [0.15, 0.2) is 0 Å². The van der Waals surface area contributed by atoms with E-state index in [9.17, 15) is 9.59 Å². The summed E-state index contributed by atoms with van der Waals surface area (Å²) in [6.45, 7) is 1.80. The third-order valence-electron chi connectivity index (χ3n) is 2.91. The average Bonchev–Trinajstić information content (AvgIpc) is 2.96. The van der Waals surface area contributed by atoms with Crippen LogP contribution in [-0.2, 0) is 9.59 Å². The topological polar surface area (TPSA) is 40.6 Å². The zero-order chi connectivity index (χ0) is 10.1. The molecule has 1 heterocycles. The van der Waals surface area contributed by atoms with Crippen molar-refractivity contribution in [2.75, 3.05) is 26.7 Å². The van der Waals surface area contributed by atoms with E-state index in [1.165, 1.54) is 0 Å². The summed E-state index contributed by atoms with van der Waals surface area (Å²) in [4.78, 5) is 26.7. The van der Waals surface area contributed by atoms with E-state index in [1.807, 2.05) is 0 Å². The van der Waals surface area contributed by atoms with Gasteiger partial charge in [0.2, 0.25) is 11.8 Å².